The maximum atomic E-state index is 10.2. The molecular weight excluding hydrogens is 791 g/mol. The molecule has 4 aromatic rings. The largest absolute Gasteiger partial charge is 0.393 e. The number of rotatable bonds is 5. The maximum Gasteiger partial charge on any atom is 0.113 e. The van der Waals surface area contributed by atoms with Gasteiger partial charge >= 0.3 is 0 Å². The number of fused-ring (bicyclic) bond motifs is 10. The summed E-state index contributed by atoms with van der Waals surface area (Å²) in [5.41, 5.74) is 17.5. The highest BCUT2D eigenvalue weighted by atomic mass is 16.3. The fourth-order valence-electron chi connectivity index (χ4n) is 16.6. The molecule has 10 heteroatoms. The van der Waals surface area contributed by atoms with Crippen LogP contribution in [0.2, 0.25) is 0 Å². The number of nitrogens with zero attached hydrogens (tertiary/aromatic N) is 9. The molecule has 0 saturated heterocycles. The summed E-state index contributed by atoms with van der Waals surface area (Å²) in [6.45, 7) is 10.1. The van der Waals surface area contributed by atoms with Crippen LogP contribution in [0.4, 0.5) is 0 Å². The fourth-order valence-corrected chi connectivity index (χ4v) is 16.6. The van der Waals surface area contributed by atoms with Gasteiger partial charge in [0.05, 0.1) is 30.6 Å². The van der Waals surface area contributed by atoms with Crippen LogP contribution in [0.15, 0.2) is 101 Å². The SMILES string of the molecule is C[C@]12CC[C@@H](N=[N+]=[N-])CC1=CCC1C2CC[C@@]2(C)C1CC[C@H]2n1cc(-c2ccccc2)nn1.C[C@]12CC[C@H](O)CC1=CCC1C2CC[C@@]2(C)C1CC[C@H]2n1cc(-c2ccccc2)nn1. The third kappa shape index (κ3) is 6.77. The molecule has 10 nitrogen and oxygen atoms in total. The molecule has 0 bridgehead atoms. The van der Waals surface area contributed by atoms with Crippen LogP contribution in [0, 0.1) is 57.2 Å². The highest BCUT2D eigenvalue weighted by Crippen LogP contribution is 2.69. The molecule has 8 aliphatic carbocycles. The molecule has 6 saturated carbocycles. The van der Waals surface area contributed by atoms with Gasteiger partial charge < -0.3 is 5.11 Å². The van der Waals surface area contributed by atoms with Gasteiger partial charge in [0, 0.05) is 22.1 Å². The van der Waals surface area contributed by atoms with E-state index >= 15 is 0 Å². The quantitative estimate of drug-likeness (QED) is 0.0924. The average molecular weight is 860 g/mol. The van der Waals surface area contributed by atoms with Crippen molar-refractivity contribution in [3.63, 3.8) is 0 Å². The lowest BCUT2D eigenvalue weighted by Gasteiger charge is -2.58. The van der Waals surface area contributed by atoms with Crippen LogP contribution in [0.5, 0.6) is 0 Å². The third-order valence-corrected chi connectivity index (χ3v) is 20.1. The smallest absolute Gasteiger partial charge is 0.113 e. The van der Waals surface area contributed by atoms with E-state index in [1.807, 2.05) is 12.1 Å². The van der Waals surface area contributed by atoms with E-state index in [4.69, 9.17) is 5.53 Å². The summed E-state index contributed by atoms with van der Waals surface area (Å²) in [7, 11) is 0. The van der Waals surface area contributed by atoms with Gasteiger partial charge in [-0.2, -0.15) is 0 Å². The van der Waals surface area contributed by atoms with Crippen LogP contribution in [0.25, 0.3) is 33.0 Å². The van der Waals surface area contributed by atoms with Crippen LogP contribution >= 0.6 is 0 Å². The number of hydrogen-bond donors (Lipinski definition) is 1. The first kappa shape index (κ1) is 42.1. The molecular formula is C54H69N9O. The Morgan fingerprint density at radius 2 is 1.08 bits per heavy atom. The summed E-state index contributed by atoms with van der Waals surface area (Å²) in [6.07, 6.45) is 28.1. The molecule has 6 fully saturated rings. The molecule has 0 spiro atoms. The minimum atomic E-state index is -0.119. The topological polar surface area (TPSA) is 130 Å². The van der Waals surface area contributed by atoms with Gasteiger partial charge in [0.2, 0.25) is 0 Å². The van der Waals surface area contributed by atoms with Gasteiger partial charge in [-0.25, -0.2) is 9.36 Å². The van der Waals surface area contributed by atoms with Crippen molar-refractivity contribution >= 4 is 0 Å². The molecule has 8 aliphatic rings. The van der Waals surface area contributed by atoms with Gasteiger partial charge in [-0.05, 0) is 165 Å². The summed E-state index contributed by atoms with van der Waals surface area (Å²) in [5, 5.41) is 32.6. The summed E-state index contributed by atoms with van der Waals surface area (Å²) in [6, 6.07) is 21.9. The van der Waals surface area contributed by atoms with Gasteiger partial charge in [0.15, 0.2) is 0 Å². The minimum absolute atomic E-state index is 0.119. The van der Waals surface area contributed by atoms with Crippen molar-refractivity contribution in [3.05, 3.63) is 107 Å². The first-order chi connectivity index (χ1) is 31.0. The Balaban J connectivity index is 0.000000143. The van der Waals surface area contributed by atoms with E-state index in [2.05, 4.69) is 141 Å². The molecule has 14 atom stereocenters. The normalized spacial score (nSPS) is 40.6. The molecule has 0 aliphatic heterocycles. The van der Waals surface area contributed by atoms with Gasteiger partial charge in [0.25, 0.3) is 0 Å². The molecule has 2 heterocycles. The fraction of sp³-hybridized carbons (Fsp3) is 0.630. The molecule has 12 rings (SSSR count). The van der Waals surface area contributed by atoms with Crippen molar-refractivity contribution in [2.24, 2.45) is 62.3 Å². The second kappa shape index (κ2) is 16.1. The highest BCUT2D eigenvalue weighted by Gasteiger charge is 2.61. The van der Waals surface area contributed by atoms with Gasteiger partial charge in [0.1, 0.15) is 11.4 Å². The van der Waals surface area contributed by atoms with Crippen LogP contribution in [-0.2, 0) is 0 Å². The summed E-state index contributed by atoms with van der Waals surface area (Å²) in [4.78, 5) is 3.10. The lowest BCUT2D eigenvalue weighted by atomic mass is 9.47. The van der Waals surface area contributed by atoms with Crippen LogP contribution in [-0.4, -0.2) is 47.2 Å². The van der Waals surface area contributed by atoms with Crippen molar-refractivity contribution in [1.29, 1.82) is 0 Å². The van der Waals surface area contributed by atoms with Crippen LogP contribution < -0.4 is 0 Å². The van der Waals surface area contributed by atoms with E-state index in [1.165, 1.54) is 70.6 Å². The zero-order chi connectivity index (χ0) is 43.8. The number of allylic oxidation sites excluding steroid dienone is 2. The summed E-state index contributed by atoms with van der Waals surface area (Å²) < 4.78 is 4.39. The van der Waals surface area contributed by atoms with E-state index < -0.39 is 0 Å². The second-order valence-electron chi connectivity index (χ2n) is 22.7. The predicted molar refractivity (Wildman–Crippen MR) is 251 cm³/mol. The molecule has 336 valence electrons. The summed E-state index contributed by atoms with van der Waals surface area (Å²) >= 11 is 0. The van der Waals surface area contributed by atoms with E-state index in [9.17, 15) is 5.11 Å². The number of aliphatic hydroxyl groups is 1. The molecule has 0 amide bonds. The van der Waals surface area contributed by atoms with E-state index in [-0.39, 0.29) is 23.0 Å². The number of benzene rings is 2. The molecule has 2 aromatic heterocycles. The van der Waals surface area contributed by atoms with Crippen molar-refractivity contribution in [2.45, 2.75) is 155 Å². The Labute approximate surface area is 380 Å². The van der Waals surface area contributed by atoms with Gasteiger partial charge in [-0.15, -0.1) is 10.2 Å². The van der Waals surface area contributed by atoms with Gasteiger partial charge in [-0.3, -0.25) is 0 Å². The Kier molecular flexibility index (Phi) is 10.6. The third-order valence-electron chi connectivity index (χ3n) is 20.1. The zero-order valence-corrected chi connectivity index (χ0v) is 38.6. The van der Waals surface area contributed by atoms with Crippen LogP contribution in [0.1, 0.15) is 143 Å². The molecule has 0 radical (unpaired) electrons. The van der Waals surface area contributed by atoms with E-state index in [0.29, 0.717) is 22.9 Å². The predicted octanol–water partition coefficient (Wildman–Crippen LogP) is 12.9. The standard InChI is InChI=1S/C27H34N6.C27H35N3O/c1-26-14-12-20(29-31-28)16-19(26)8-9-21-22-10-11-25(27(22,2)15-13-23(21)26)33-17-24(30-32-33)18-6-4-3-5-7-18;1-26-14-12-20(31)16-19(26)8-9-21-22-10-11-25(27(22,2)15-13-23(21)26)30-17-24(28-29-30)18-6-4-3-5-7-18/h3-8,17,20-23,25H,9-16H2,1-2H3;3-8,17,20-23,25,31H,9-16H2,1-2H3/t20-,21?,22?,23?,25-,26+,27+;20-,21?,22?,23?,25+,26-,27-/m10/s1. The first-order valence-electron chi connectivity index (χ1n) is 25.1. The van der Waals surface area contributed by atoms with Crippen LogP contribution in [0.3, 0.4) is 0 Å². The average Bonchev–Trinajstić information content (AvgIpc) is 4.13. The monoisotopic (exact) mass is 860 g/mol. The lowest BCUT2D eigenvalue weighted by molar-refractivity contribution is -0.0489. The highest BCUT2D eigenvalue weighted by molar-refractivity contribution is 5.58. The van der Waals surface area contributed by atoms with Gasteiger partial charge in [-0.1, -0.05) is 127 Å². The second-order valence-corrected chi connectivity index (χ2v) is 22.7. The minimum Gasteiger partial charge on any atom is -0.393 e. The molecule has 6 unspecified atom stereocenters. The maximum absolute atomic E-state index is 10.2. The number of aliphatic hydroxyl groups excluding tert-OH is 1. The number of aromatic nitrogens is 6. The molecule has 64 heavy (non-hydrogen) atoms. The Hall–Kier alpha value is -4.53. The van der Waals surface area contributed by atoms with Crippen molar-refractivity contribution in [3.8, 4) is 22.5 Å². The first-order valence-corrected chi connectivity index (χ1v) is 25.1. The Morgan fingerprint density at radius 1 is 0.594 bits per heavy atom. The van der Waals surface area contributed by atoms with Crippen molar-refractivity contribution in [2.75, 3.05) is 0 Å². The van der Waals surface area contributed by atoms with E-state index in [1.54, 1.807) is 11.1 Å². The lowest BCUT2D eigenvalue weighted by Crippen LogP contribution is -2.50. The number of hydrogen-bond acceptors (Lipinski definition) is 6. The molecule has 2 aromatic carbocycles. The number of azide groups is 1. The van der Waals surface area contributed by atoms with Crippen molar-refractivity contribution in [1.82, 2.24) is 30.0 Å². The Bertz CT molecular complexity index is 2450. The molecule has 1 N–H and O–H groups in total. The Morgan fingerprint density at radius 3 is 1.58 bits per heavy atom. The summed E-state index contributed by atoms with van der Waals surface area (Å²) in [5.74, 6) is 4.60. The van der Waals surface area contributed by atoms with Crippen molar-refractivity contribution < 1.29 is 5.11 Å². The zero-order valence-electron chi connectivity index (χ0n) is 38.6. The van der Waals surface area contributed by atoms with E-state index in [0.717, 1.165) is 90.1 Å².